The molecule has 0 radical (unpaired) electrons. The fraction of sp³-hybridized carbons (Fsp3) is 0.304. The highest BCUT2D eigenvalue weighted by atomic mass is 32.2. The first-order valence-electron chi connectivity index (χ1n) is 11.1. The van der Waals surface area contributed by atoms with E-state index in [4.69, 9.17) is 9.47 Å². The van der Waals surface area contributed by atoms with Gasteiger partial charge in [0.1, 0.15) is 11.9 Å². The number of carbonyl (C=O) groups excluding carboxylic acids is 1. The van der Waals surface area contributed by atoms with Gasteiger partial charge in [-0.25, -0.2) is 13.2 Å². The summed E-state index contributed by atoms with van der Waals surface area (Å²) in [6.07, 6.45) is 1.29. The van der Waals surface area contributed by atoms with Crippen LogP contribution in [0.1, 0.15) is 36.4 Å². The summed E-state index contributed by atoms with van der Waals surface area (Å²) in [5.74, 6) is 0.870. The maximum atomic E-state index is 12.4. The maximum Gasteiger partial charge on any atom is 0.514 e. The first kappa shape index (κ1) is 22.8. The van der Waals surface area contributed by atoms with Gasteiger partial charge in [0, 0.05) is 29.8 Å². The number of H-pyrrole nitrogens is 1. The molecule has 11 nitrogen and oxygen atoms in total. The Morgan fingerprint density at radius 3 is 2.74 bits per heavy atom. The van der Waals surface area contributed by atoms with Crippen LogP contribution in [0, 0.1) is 10.1 Å². The Morgan fingerprint density at radius 2 is 1.97 bits per heavy atom. The lowest BCUT2D eigenvalue weighted by Crippen LogP contribution is -2.18. The third-order valence-corrected chi connectivity index (χ3v) is 8.09. The zero-order valence-corrected chi connectivity index (χ0v) is 19.3. The first-order chi connectivity index (χ1) is 16.8. The van der Waals surface area contributed by atoms with Gasteiger partial charge in [-0.15, -0.1) is 0 Å². The van der Waals surface area contributed by atoms with Crippen LogP contribution in [0.15, 0.2) is 53.4 Å². The van der Waals surface area contributed by atoms with Gasteiger partial charge in [-0.2, -0.15) is 5.10 Å². The van der Waals surface area contributed by atoms with Crippen LogP contribution in [0.25, 0.3) is 0 Å². The molecular formula is C23H22N4O7S. The van der Waals surface area contributed by atoms with Gasteiger partial charge in [0.2, 0.25) is 0 Å². The van der Waals surface area contributed by atoms with Crippen molar-refractivity contribution in [3.8, 4) is 5.75 Å². The third-order valence-electron chi connectivity index (χ3n) is 6.24. The van der Waals surface area contributed by atoms with Crippen molar-refractivity contribution in [2.24, 2.45) is 0 Å². The lowest BCUT2D eigenvalue weighted by atomic mass is 10.0. The van der Waals surface area contributed by atoms with Crippen LogP contribution in [0.3, 0.4) is 0 Å². The number of nitrogens with zero attached hydrogens (tertiary/aromatic N) is 2. The molecule has 1 aliphatic carbocycles. The van der Waals surface area contributed by atoms with E-state index in [2.05, 4.69) is 15.5 Å². The zero-order valence-electron chi connectivity index (χ0n) is 18.5. The van der Waals surface area contributed by atoms with Crippen molar-refractivity contribution in [3.63, 3.8) is 0 Å². The molecule has 0 unspecified atom stereocenters. The van der Waals surface area contributed by atoms with Crippen molar-refractivity contribution in [2.75, 3.05) is 11.1 Å². The summed E-state index contributed by atoms with van der Waals surface area (Å²) in [7, 11) is -3.30. The standard InChI is InChI=1S/C23H22N4O7S/c28-23(33-17-8-5-16(6-9-17)27(29)30)34-18-7-4-15(12-18)20-13-21(26-25-20)24-19-3-1-2-14-10-11-35(31,32)22(14)19/h1-3,5-6,8-9,13,15,18H,4,7,10-12H2,(H2,24,25,26)/t15-,18+/m0/s1. The molecule has 2 atom stereocenters. The summed E-state index contributed by atoms with van der Waals surface area (Å²) in [5.41, 5.74) is 2.08. The summed E-state index contributed by atoms with van der Waals surface area (Å²) in [6, 6.07) is 12.4. The number of non-ortho nitro benzene ring substituents is 1. The zero-order chi connectivity index (χ0) is 24.6. The van der Waals surface area contributed by atoms with Gasteiger partial charge in [-0.3, -0.25) is 15.2 Å². The first-order valence-corrected chi connectivity index (χ1v) is 12.7. The van der Waals surface area contributed by atoms with Crippen molar-refractivity contribution in [1.82, 2.24) is 10.2 Å². The van der Waals surface area contributed by atoms with Gasteiger partial charge < -0.3 is 14.8 Å². The number of aromatic nitrogens is 2. The molecule has 1 aliphatic heterocycles. The number of nitro groups is 1. The van der Waals surface area contributed by atoms with E-state index < -0.39 is 20.9 Å². The van der Waals surface area contributed by atoms with Crippen LogP contribution in [0.5, 0.6) is 5.75 Å². The average molecular weight is 499 g/mol. The van der Waals surface area contributed by atoms with Crippen molar-refractivity contribution < 1.29 is 27.6 Å². The van der Waals surface area contributed by atoms with E-state index in [1.54, 1.807) is 6.07 Å². The maximum absolute atomic E-state index is 12.4. The van der Waals surface area contributed by atoms with Gasteiger partial charge in [0.25, 0.3) is 5.69 Å². The quantitative estimate of drug-likeness (QED) is 0.220. The highest BCUT2D eigenvalue weighted by Gasteiger charge is 2.32. The molecule has 0 amide bonds. The molecule has 5 rings (SSSR count). The molecule has 2 aliphatic rings. The summed E-state index contributed by atoms with van der Waals surface area (Å²) < 4.78 is 35.3. The van der Waals surface area contributed by atoms with E-state index in [1.807, 2.05) is 18.2 Å². The number of nitro benzene ring substituents is 1. The highest BCUT2D eigenvalue weighted by molar-refractivity contribution is 7.91. The third kappa shape index (κ3) is 4.83. The molecule has 2 heterocycles. The molecule has 0 spiro atoms. The van der Waals surface area contributed by atoms with Crippen molar-refractivity contribution in [2.45, 2.75) is 42.6 Å². The molecule has 2 aromatic carbocycles. The molecule has 182 valence electrons. The second-order valence-corrected chi connectivity index (χ2v) is 10.6. The summed E-state index contributed by atoms with van der Waals surface area (Å²) >= 11 is 0. The number of nitrogens with one attached hydrogen (secondary N) is 2. The number of anilines is 2. The lowest BCUT2D eigenvalue weighted by molar-refractivity contribution is -0.384. The molecule has 0 bridgehead atoms. The Balaban J connectivity index is 1.18. The number of fused-ring (bicyclic) bond motifs is 1. The fourth-order valence-corrected chi connectivity index (χ4v) is 6.28. The predicted octanol–water partition coefficient (Wildman–Crippen LogP) is 4.24. The van der Waals surface area contributed by atoms with E-state index in [0.717, 1.165) is 17.7 Å². The van der Waals surface area contributed by atoms with E-state index in [-0.39, 0.29) is 29.2 Å². The molecule has 2 N–H and O–H groups in total. The van der Waals surface area contributed by atoms with Gasteiger partial charge in [0.05, 0.1) is 21.3 Å². The summed E-state index contributed by atoms with van der Waals surface area (Å²) in [6.45, 7) is 0. The minimum atomic E-state index is -3.30. The monoisotopic (exact) mass is 498 g/mol. The number of rotatable bonds is 6. The predicted molar refractivity (Wildman–Crippen MR) is 125 cm³/mol. The van der Waals surface area contributed by atoms with Crippen LogP contribution in [-0.4, -0.2) is 41.6 Å². The van der Waals surface area contributed by atoms with Gasteiger partial charge >= 0.3 is 6.16 Å². The molecule has 1 saturated carbocycles. The Labute approximate surface area is 200 Å². The summed E-state index contributed by atoms with van der Waals surface area (Å²) in [5, 5.41) is 21.1. The van der Waals surface area contributed by atoms with E-state index in [9.17, 15) is 23.3 Å². The minimum absolute atomic E-state index is 0.0837. The van der Waals surface area contributed by atoms with Crippen LogP contribution in [0.2, 0.25) is 0 Å². The smallest absolute Gasteiger partial charge is 0.431 e. The molecule has 1 fully saturated rings. The molecule has 35 heavy (non-hydrogen) atoms. The number of hydrogen-bond donors (Lipinski definition) is 2. The Morgan fingerprint density at radius 1 is 1.17 bits per heavy atom. The van der Waals surface area contributed by atoms with Crippen LogP contribution in [0.4, 0.5) is 22.0 Å². The molecule has 12 heteroatoms. The van der Waals surface area contributed by atoms with Crippen LogP contribution >= 0.6 is 0 Å². The van der Waals surface area contributed by atoms with E-state index >= 15 is 0 Å². The Bertz CT molecular complexity index is 1390. The number of aromatic amines is 1. The molecule has 3 aromatic rings. The normalized spacial score (nSPS) is 20.2. The van der Waals surface area contributed by atoms with Crippen molar-refractivity contribution >= 4 is 33.2 Å². The number of sulfone groups is 1. The highest BCUT2D eigenvalue weighted by Crippen LogP contribution is 2.38. The minimum Gasteiger partial charge on any atom is -0.431 e. The Hall–Kier alpha value is -3.93. The Kier molecular flexibility index (Phi) is 5.89. The van der Waals surface area contributed by atoms with E-state index in [0.29, 0.717) is 35.7 Å². The number of hydrogen-bond acceptors (Lipinski definition) is 9. The molecular weight excluding hydrogens is 476 g/mol. The molecule has 0 saturated heterocycles. The summed E-state index contributed by atoms with van der Waals surface area (Å²) in [4.78, 5) is 22.6. The SMILES string of the molecule is O=C(Oc1ccc([N+](=O)[O-])cc1)O[C@@H]1CC[C@H](c2cc(Nc3cccc4c3S(=O)(=O)CC4)n[nH]2)C1. The van der Waals surface area contributed by atoms with Crippen LogP contribution in [-0.2, 0) is 21.0 Å². The largest absolute Gasteiger partial charge is 0.514 e. The number of carbonyl (C=O) groups is 1. The fourth-order valence-electron chi connectivity index (χ4n) is 4.56. The van der Waals surface area contributed by atoms with Crippen molar-refractivity contribution in [1.29, 1.82) is 0 Å². The van der Waals surface area contributed by atoms with Crippen LogP contribution < -0.4 is 10.1 Å². The number of aryl methyl sites for hydroxylation is 1. The van der Waals surface area contributed by atoms with Gasteiger partial charge in [-0.1, -0.05) is 12.1 Å². The van der Waals surface area contributed by atoms with Gasteiger partial charge in [-0.05, 0) is 49.4 Å². The second-order valence-electron chi connectivity index (χ2n) is 8.55. The topological polar surface area (TPSA) is 154 Å². The number of benzene rings is 2. The van der Waals surface area contributed by atoms with Crippen molar-refractivity contribution in [3.05, 3.63) is 69.9 Å². The lowest BCUT2D eigenvalue weighted by Gasteiger charge is -2.12. The van der Waals surface area contributed by atoms with E-state index in [1.165, 1.54) is 24.3 Å². The number of ether oxygens (including phenoxy) is 2. The average Bonchev–Trinajstić information content (AvgIpc) is 3.54. The van der Waals surface area contributed by atoms with Gasteiger partial charge in [0.15, 0.2) is 15.7 Å². The second kappa shape index (κ2) is 9.02. The molecule has 1 aromatic heterocycles.